The quantitative estimate of drug-likeness (QED) is 0.744. The lowest BCUT2D eigenvalue weighted by molar-refractivity contribution is 0.454. The van der Waals surface area contributed by atoms with Gasteiger partial charge in [0.15, 0.2) is 5.82 Å². The van der Waals surface area contributed by atoms with Crippen LogP contribution in [0, 0.1) is 0 Å². The fourth-order valence-electron chi connectivity index (χ4n) is 1.91. The fourth-order valence-corrected chi connectivity index (χ4v) is 2.31. The van der Waals surface area contributed by atoms with Gasteiger partial charge in [0.2, 0.25) is 5.88 Å². The maximum absolute atomic E-state index is 12.2. The molecule has 0 unspecified atom stereocenters. The first kappa shape index (κ1) is 13.4. The summed E-state index contributed by atoms with van der Waals surface area (Å²) in [5.41, 5.74) is 0.622. The molecule has 2 aromatic heterocycles. The van der Waals surface area contributed by atoms with Crippen LogP contribution < -0.4 is 5.56 Å². The number of aromatic amines is 1. The van der Waals surface area contributed by atoms with E-state index < -0.39 is 5.56 Å². The number of halogens is 1. The lowest BCUT2D eigenvalue weighted by atomic mass is 10.1. The first-order valence-electron chi connectivity index (χ1n) is 6.01. The molecule has 0 fully saturated rings. The molecule has 21 heavy (non-hydrogen) atoms. The van der Waals surface area contributed by atoms with Gasteiger partial charge in [-0.15, -0.1) is 0 Å². The lowest BCUT2D eigenvalue weighted by Gasteiger charge is -2.06. The average molecular weight is 345 g/mol. The Morgan fingerprint density at radius 2 is 2.10 bits per heavy atom. The zero-order valence-electron chi connectivity index (χ0n) is 10.6. The van der Waals surface area contributed by atoms with E-state index >= 15 is 0 Å². The Kier molecular flexibility index (Phi) is 3.49. The molecule has 3 aromatic rings. The summed E-state index contributed by atoms with van der Waals surface area (Å²) in [5, 5.41) is 10.1. The van der Waals surface area contributed by atoms with E-state index in [0.717, 1.165) is 4.47 Å². The first-order chi connectivity index (χ1) is 10.1. The van der Waals surface area contributed by atoms with Crippen molar-refractivity contribution < 1.29 is 5.11 Å². The molecule has 2 N–H and O–H groups in total. The molecule has 104 valence electrons. The molecule has 0 spiro atoms. The summed E-state index contributed by atoms with van der Waals surface area (Å²) in [5.74, 6) is -0.179. The third-order valence-electron chi connectivity index (χ3n) is 2.82. The van der Waals surface area contributed by atoms with Gasteiger partial charge in [0.25, 0.3) is 5.56 Å². The molecule has 0 saturated carbocycles. The van der Waals surface area contributed by atoms with Crippen LogP contribution in [0.3, 0.4) is 0 Å². The van der Waals surface area contributed by atoms with Gasteiger partial charge in [0, 0.05) is 16.9 Å². The lowest BCUT2D eigenvalue weighted by Crippen LogP contribution is -2.12. The summed E-state index contributed by atoms with van der Waals surface area (Å²) in [6.07, 6.45) is 4.45. The molecule has 1 aromatic carbocycles. The smallest absolute Gasteiger partial charge is 0.262 e. The van der Waals surface area contributed by atoms with E-state index in [1.807, 2.05) is 6.07 Å². The molecule has 3 rings (SSSR count). The average Bonchev–Trinajstić information content (AvgIpc) is 2.47. The third-order valence-corrected chi connectivity index (χ3v) is 3.31. The van der Waals surface area contributed by atoms with Crippen molar-refractivity contribution in [3.63, 3.8) is 0 Å². The minimum atomic E-state index is -0.443. The van der Waals surface area contributed by atoms with Gasteiger partial charge in [-0.05, 0) is 17.7 Å². The molecular weight excluding hydrogens is 336 g/mol. The predicted octanol–water partition coefficient (Wildman–Crippen LogP) is 2.36. The Bertz CT molecular complexity index is 849. The minimum absolute atomic E-state index is 0.115. The molecule has 0 aliphatic heterocycles. The first-order valence-corrected chi connectivity index (χ1v) is 6.80. The number of nitrogens with one attached hydrogen (secondary N) is 1. The molecule has 0 aliphatic rings. The van der Waals surface area contributed by atoms with Crippen molar-refractivity contribution in [2.75, 3.05) is 0 Å². The minimum Gasteiger partial charge on any atom is -0.493 e. The van der Waals surface area contributed by atoms with Crippen LogP contribution in [-0.2, 0) is 0 Å². The van der Waals surface area contributed by atoms with Gasteiger partial charge in [-0.3, -0.25) is 9.78 Å². The van der Waals surface area contributed by atoms with Crippen LogP contribution in [0.4, 0.5) is 0 Å². The number of hydrogen-bond donors (Lipinski definition) is 2. The van der Waals surface area contributed by atoms with Gasteiger partial charge < -0.3 is 10.1 Å². The Morgan fingerprint density at radius 3 is 2.76 bits per heavy atom. The zero-order valence-corrected chi connectivity index (χ0v) is 12.2. The predicted molar refractivity (Wildman–Crippen MR) is 80.7 cm³/mol. The highest BCUT2D eigenvalue weighted by molar-refractivity contribution is 9.10. The molecule has 2 heterocycles. The van der Waals surface area contributed by atoms with E-state index in [1.165, 1.54) is 18.6 Å². The van der Waals surface area contributed by atoms with E-state index in [1.54, 1.807) is 18.2 Å². The maximum atomic E-state index is 12.2. The normalized spacial score (nSPS) is 10.5. The van der Waals surface area contributed by atoms with Crippen molar-refractivity contribution >= 4 is 15.9 Å². The monoisotopic (exact) mass is 344 g/mol. The molecule has 0 atom stereocenters. The summed E-state index contributed by atoms with van der Waals surface area (Å²) >= 11 is 3.33. The standard InChI is InChI=1S/C14H9BrN4O2/c15-9-3-1-2-8(6-9)11-13(20)18-12(19-14(11)21)10-7-16-4-5-17-10/h1-7H,(H2,18,19,20,21). The van der Waals surface area contributed by atoms with E-state index in [9.17, 15) is 9.90 Å². The molecule has 0 amide bonds. The largest absolute Gasteiger partial charge is 0.493 e. The summed E-state index contributed by atoms with van der Waals surface area (Å²) < 4.78 is 0.803. The zero-order chi connectivity index (χ0) is 14.8. The van der Waals surface area contributed by atoms with Crippen molar-refractivity contribution in [3.05, 3.63) is 57.7 Å². The molecule has 6 nitrogen and oxygen atoms in total. The van der Waals surface area contributed by atoms with E-state index in [2.05, 4.69) is 35.9 Å². The molecule has 0 radical (unpaired) electrons. The highest BCUT2D eigenvalue weighted by Crippen LogP contribution is 2.26. The van der Waals surface area contributed by atoms with Crippen LogP contribution in [0.2, 0.25) is 0 Å². The number of aromatic hydroxyl groups is 1. The van der Waals surface area contributed by atoms with Gasteiger partial charge in [0.1, 0.15) is 11.3 Å². The number of rotatable bonds is 2. The molecule has 0 aliphatic carbocycles. The number of H-pyrrole nitrogens is 1. The second kappa shape index (κ2) is 5.45. The summed E-state index contributed by atoms with van der Waals surface area (Å²) in [4.78, 5) is 26.8. The van der Waals surface area contributed by atoms with Crippen LogP contribution in [0.1, 0.15) is 0 Å². The summed E-state index contributed by atoms with van der Waals surface area (Å²) in [6.45, 7) is 0. The topological polar surface area (TPSA) is 91.8 Å². The number of nitrogens with zero attached hydrogens (tertiary/aromatic N) is 3. The van der Waals surface area contributed by atoms with Crippen LogP contribution in [0.5, 0.6) is 5.88 Å². The van der Waals surface area contributed by atoms with Gasteiger partial charge in [0.05, 0.1) is 6.20 Å². The highest BCUT2D eigenvalue weighted by atomic mass is 79.9. The molecule has 0 bridgehead atoms. The van der Waals surface area contributed by atoms with Crippen molar-refractivity contribution in [1.29, 1.82) is 0 Å². The van der Waals surface area contributed by atoms with Crippen molar-refractivity contribution in [1.82, 2.24) is 19.9 Å². The van der Waals surface area contributed by atoms with E-state index in [-0.39, 0.29) is 17.3 Å². The molecule has 7 heteroatoms. The molecular formula is C14H9BrN4O2. The van der Waals surface area contributed by atoms with Crippen molar-refractivity contribution in [2.45, 2.75) is 0 Å². The number of benzene rings is 1. The summed E-state index contributed by atoms with van der Waals surface area (Å²) in [6, 6.07) is 7.05. The van der Waals surface area contributed by atoms with Crippen LogP contribution in [0.15, 0.2) is 52.1 Å². The van der Waals surface area contributed by atoms with Crippen molar-refractivity contribution in [3.8, 4) is 28.5 Å². The molecule has 0 saturated heterocycles. The highest BCUT2D eigenvalue weighted by Gasteiger charge is 2.14. The Labute approximate surface area is 127 Å². The Hall–Kier alpha value is -2.54. The number of hydrogen-bond acceptors (Lipinski definition) is 5. The third kappa shape index (κ3) is 2.68. The Balaban J connectivity index is 2.16. The number of aromatic nitrogens is 4. The van der Waals surface area contributed by atoms with E-state index in [4.69, 9.17) is 0 Å². The Morgan fingerprint density at radius 1 is 1.24 bits per heavy atom. The van der Waals surface area contributed by atoms with Gasteiger partial charge >= 0.3 is 0 Å². The van der Waals surface area contributed by atoms with Gasteiger partial charge in [-0.1, -0.05) is 28.1 Å². The maximum Gasteiger partial charge on any atom is 0.262 e. The summed E-state index contributed by atoms with van der Waals surface area (Å²) in [7, 11) is 0. The SMILES string of the molecule is O=c1[nH]c(-c2cnccn2)nc(O)c1-c1cccc(Br)c1. The van der Waals surface area contributed by atoms with E-state index in [0.29, 0.717) is 11.3 Å². The van der Waals surface area contributed by atoms with Crippen molar-refractivity contribution in [2.24, 2.45) is 0 Å². The van der Waals surface area contributed by atoms with Gasteiger partial charge in [-0.25, -0.2) is 4.98 Å². The van der Waals surface area contributed by atoms with Crippen LogP contribution >= 0.6 is 15.9 Å². The second-order valence-electron chi connectivity index (χ2n) is 4.21. The van der Waals surface area contributed by atoms with Crippen LogP contribution in [0.25, 0.3) is 22.6 Å². The fraction of sp³-hybridized carbons (Fsp3) is 0. The van der Waals surface area contributed by atoms with Crippen LogP contribution in [-0.4, -0.2) is 25.0 Å². The van der Waals surface area contributed by atoms with Gasteiger partial charge in [-0.2, -0.15) is 4.98 Å². The second-order valence-corrected chi connectivity index (χ2v) is 5.13.